The molecule has 40 heavy (non-hydrogen) atoms. The Hall–Kier alpha value is -3.83. The minimum absolute atomic E-state index is 0.271. The predicted octanol–water partition coefficient (Wildman–Crippen LogP) is 2.55. The van der Waals surface area contributed by atoms with Gasteiger partial charge in [0.2, 0.25) is 0 Å². The Bertz CT molecular complexity index is 1610. The number of carbonyl (C=O) groups is 1. The van der Waals surface area contributed by atoms with Crippen molar-refractivity contribution in [3.05, 3.63) is 72.6 Å². The molecule has 3 aromatic rings. The number of hydrogen-bond acceptors (Lipinski definition) is 10. The summed E-state index contributed by atoms with van der Waals surface area (Å²) in [5.41, 5.74) is 1.20. The summed E-state index contributed by atoms with van der Waals surface area (Å²) in [7, 11) is 3.43. The van der Waals surface area contributed by atoms with Gasteiger partial charge in [-0.1, -0.05) is 17.4 Å². The van der Waals surface area contributed by atoms with E-state index in [4.69, 9.17) is 18.6 Å². The van der Waals surface area contributed by atoms with Crippen LogP contribution in [0, 0.1) is 0 Å². The average Bonchev–Trinajstić information content (AvgIpc) is 3.53. The van der Waals surface area contributed by atoms with Gasteiger partial charge >= 0.3 is 5.97 Å². The number of aromatic nitrogens is 1. The molecule has 0 aliphatic carbocycles. The third kappa shape index (κ3) is 5.31. The number of methoxy groups -OCH3 is 1. The Morgan fingerprint density at radius 3 is 2.52 bits per heavy atom. The number of benzene rings is 1. The van der Waals surface area contributed by atoms with Gasteiger partial charge in [0.1, 0.15) is 5.76 Å². The summed E-state index contributed by atoms with van der Waals surface area (Å²) in [5, 5.41) is 0. The Balaban J connectivity index is 1.60. The minimum Gasteiger partial charge on any atom is -0.490 e. The van der Waals surface area contributed by atoms with Crippen molar-refractivity contribution in [2.24, 2.45) is 4.99 Å². The second-order valence-electron chi connectivity index (χ2n) is 9.61. The lowest BCUT2D eigenvalue weighted by atomic mass is 9.95. The summed E-state index contributed by atoms with van der Waals surface area (Å²) in [6, 6.07) is 8.50. The van der Waals surface area contributed by atoms with Crippen LogP contribution in [0.5, 0.6) is 11.5 Å². The van der Waals surface area contributed by atoms with E-state index in [1.54, 1.807) is 23.6 Å². The van der Waals surface area contributed by atoms with Crippen molar-refractivity contribution in [1.82, 2.24) is 9.47 Å². The van der Waals surface area contributed by atoms with Crippen molar-refractivity contribution >= 4 is 29.3 Å². The van der Waals surface area contributed by atoms with Crippen molar-refractivity contribution < 1.29 is 23.4 Å². The number of esters is 1. The summed E-state index contributed by atoms with van der Waals surface area (Å²) < 4.78 is 24.8. The van der Waals surface area contributed by atoms with Crippen molar-refractivity contribution in [3.63, 3.8) is 0 Å². The predicted molar refractivity (Wildman–Crippen MR) is 153 cm³/mol. The van der Waals surface area contributed by atoms with Crippen LogP contribution in [0.4, 0.5) is 5.88 Å². The Morgan fingerprint density at radius 2 is 1.82 bits per heavy atom. The van der Waals surface area contributed by atoms with Crippen molar-refractivity contribution in [2.45, 2.75) is 26.8 Å². The van der Waals surface area contributed by atoms with E-state index in [0.717, 1.165) is 32.1 Å². The lowest BCUT2D eigenvalue weighted by Crippen LogP contribution is -2.44. The second-order valence-corrected chi connectivity index (χ2v) is 10.6. The molecule has 0 amide bonds. The number of rotatable bonds is 8. The fourth-order valence-corrected chi connectivity index (χ4v) is 6.02. The second kappa shape index (κ2) is 11.7. The van der Waals surface area contributed by atoms with Gasteiger partial charge in [-0.05, 0) is 51.6 Å². The normalized spacial score (nSPS) is 18.0. The molecule has 1 atom stereocenters. The van der Waals surface area contributed by atoms with E-state index in [9.17, 15) is 9.59 Å². The molecule has 212 valence electrons. The number of nitrogens with zero attached hydrogens (tertiary/aromatic N) is 4. The average molecular weight is 567 g/mol. The molecule has 2 aliphatic heterocycles. The van der Waals surface area contributed by atoms with E-state index in [1.807, 2.05) is 38.1 Å². The number of hydrogen-bond donors (Lipinski definition) is 0. The van der Waals surface area contributed by atoms with Crippen molar-refractivity contribution in [1.29, 1.82) is 0 Å². The summed E-state index contributed by atoms with van der Waals surface area (Å²) in [6.45, 7) is 10.1. The van der Waals surface area contributed by atoms with Crippen LogP contribution < -0.4 is 29.3 Å². The maximum Gasteiger partial charge on any atom is 0.338 e. The van der Waals surface area contributed by atoms with Crippen molar-refractivity contribution in [3.8, 4) is 11.5 Å². The molecule has 0 radical (unpaired) electrons. The van der Waals surface area contributed by atoms with E-state index in [0.29, 0.717) is 56.6 Å². The molecule has 0 unspecified atom stereocenters. The number of ether oxygens (including phenoxy) is 3. The summed E-state index contributed by atoms with van der Waals surface area (Å²) in [6.07, 6.45) is 1.74. The van der Waals surface area contributed by atoms with Gasteiger partial charge < -0.3 is 28.4 Å². The van der Waals surface area contributed by atoms with E-state index >= 15 is 0 Å². The van der Waals surface area contributed by atoms with Crippen LogP contribution in [0.25, 0.3) is 6.08 Å². The standard InChI is InChI=1S/C29H34N4O6S/c1-6-37-21-10-8-19(16-22(21)38-7-2)26-25(28(35)36-5)18(3)30-29-33(26)27(34)23(40-29)17-20-9-11-24(39-20)32-14-12-31(4)13-15-32/h8-11,16-17,26H,6-7,12-15H2,1-5H3/b23-17+/t26-/m0/s1. The van der Waals surface area contributed by atoms with Gasteiger partial charge in [-0.2, -0.15) is 0 Å². The lowest BCUT2D eigenvalue weighted by molar-refractivity contribution is -0.136. The molecule has 0 spiro atoms. The van der Waals surface area contributed by atoms with Crippen LogP contribution in [0.2, 0.25) is 0 Å². The maximum atomic E-state index is 13.9. The lowest BCUT2D eigenvalue weighted by Gasteiger charge is -2.32. The van der Waals surface area contributed by atoms with Crippen LogP contribution in [0.3, 0.4) is 0 Å². The van der Waals surface area contributed by atoms with Crippen LogP contribution >= 0.6 is 11.3 Å². The third-order valence-electron chi connectivity index (χ3n) is 7.01. The molecule has 0 bridgehead atoms. The number of thiazole rings is 1. The number of anilines is 1. The fraction of sp³-hybridized carbons (Fsp3) is 0.414. The molecule has 1 saturated heterocycles. The smallest absolute Gasteiger partial charge is 0.338 e. The van der Waals surface area contributed by atoms with Crippen LogP contribution in [0.1, 0.15) is 38.1 Å². The maximum absolute atomic E-state index is 13.9. The number of furan rings is 1. The monoisotopic (exact) mass is 566 g/mol. The van der Waals surface area contributed by atoms with E-state index in [-0.39, 0.29) is 5.56 Å². The highest BCUT2D eigenvalue weighted by Gasteiger charge is 2.33. The topological polar surface area (TPSA) is 98.7 Å². The van der Waals surface area contributed by atoms with Gasteiger partial charge in [-0.15, -0.1) is 0 Å². The number of likely N-dealkylation sites (N-methyl/N-ethyl adjacent to an activating group) is 1. The minimum atomic E-state index is -0.752. The molecule has 2 aromatic heterocycles. The Morgan fingerprint density at radius 1 is 1.10 bits per heavy atom. The van der Waals surface area contributed by atoms with E-state index in [1.165, 1.54) is 18.4 Å². The zero-order valence-electron chi connectivity index (χ0n) is 23.4. The highest BCUT2D eigenvalue weighted by Crippen LogP contribution is 2.36. The first-order chi connectivity index (χ1) is 19.3. The Kier molecular flexibility index (Phi) is 8.13. The SMILES string of the molecule is CCOc1ccc([C@H]2C(C(=O)OC)=C(C)N=c3s/c(=C/c4ccc(N5CCN(C)CC5)o4)c(=O)n32)cc1OCC. The van der Waals surface area contributed by atoms with E-state index in [2.05, 4.69) is 21.8 Å². The molecule has 11 heteroatoms. The van der Waals surface area contributed by atoms with Crippen LogP contribution in [0.15, 0.2) is 55.8 Å². The summed E-state index contributed by atoms with van der Waals surface area (Å²) >= 11 is 1.26. The summed E-state index contributed by atoms with van der Waals surface area (Å²) in [5.74, 6) is 1.95. The molecular formula is C29H34N4O6S. The molecule has 4 heterocycles. The molecule has 1 aromatic carbocycles. The molecular weight excluding hydrogens is 532 g/mol. The molecule has 2 aliphatic rings. The van der Waals surface area contributed by atoms with Crippen LogP contribution in [-0.4, -0.2) is 69.0 Å². The highest BCUT2D eigenvalue weighted by molar-refractivity contribution is 7.07. The van der Waals surface area contributed by atoms with Gasteiger partial charge in [-0.25, -0.2) is 9.79 Å². The van der Waals surface area contributed by atoms with Gasteiger partial charge in [0.15, 0.2) is 22.2 Å². The van der Waals surface area contributed by atoms with E-state index < -0.39 is 12.0 Å². The zero-order chi connectivity index (χ0) is 28.4. The first-order valence-electron chi connectivity index (χ1n) is 13.4. The number of allylic oxidation sites excluding steroid dienone is 1. The number of fused-ring (bicyclic) bond motifs is 1. The zero-order valence-corrected chi connectivity index (χ0v) is 24.2. The molecule has 10 nitrogen and oxygen atoms in total. The number of carbonyl (C=O) groups excluding carboxylic acids is 1. The third-order valence-corrected chi connectivity index (χ3v) is 7.99. The molecule has 1 fully saturated rings. The summed E-state index contributed by atoms with van der Waals surface area (Å²) in [4.78, 5) is 36.5. The highest BCUT2D eigenvalue weighted by atomic mass is 32.1. The Labute approximate surface area is 236 Å². The first kappa shape index (κ1) is 27.7. The molecule has 0 saturated carbocycles. The fourth-order valence-electron chi connectivity index (χ4n) is 4.99. The van der Waals surface area contributed by atoms with Crippen LogP contribution in [-0.2, 0) is 9.53 Å². The molecule has 0 N–H and O–H groups in total. The van der Waals surface area contributed by atoms with Gasteiger partial charge in [0, 0.05) is 38.3 Å². The quantitative estimate of drug-likeness (QED) is 0.384. The van der Waals surface area contributed by atoms with Gasteiger partial charge in [0.05, 0.1) is 42.2 Å². The van der Waals surface area contributed by atoms with Gasteiger partial charge in [0.25, 0.3) is 5.56 Å². The van der Waals surface area contributed by atoms with Crippen molar-refractivity contribution in [2.75, 3.05) is 58.5 Å². The number of piperazine rings is 1. The molecule has 5 rings (SSSR count). The first-order valence-corrected chi connectivity index (χ1v) is 14.2. The van der Waals surface area contributed by atoms with Gasteiger partial charge in [-0.3, -0.25) is 9.36 Å². The largest absolute Gasteiger partial charge is 0.490 e.